The number of aliphatic hydroxyl groups excluding tert-OH is 1. The highest BCUT2D eigenvalue weighted by atomic mass is 79.9. The van der Waals surface area contributed by atoms with Gasteiger partial charge in [0.2, 0.25) is 5.91 Å². The van der Waals surface area contributed by atoms with Crippen molar-refractivity contribution in [3.63, 3.8) is 0 Å². The SMILES string of the molecule is O=C(CCCc1ccc(Br)s1)N1CCCC(CO)C1. The Hall–Kier alpha value is -0.390. The summed E-state index contributed by atoms with van der Waals surface area (Å²) in [4.78, 5) is 15.3. The molecular formula is C14H20BrNO2S. The Morgan fingerprint density at radius 1 is 1.53 bits per heavy atom. The number of aliphatic hydroxyl groups is 1. The summed E-state index contributed by atoms with van der Waals surface area (Å²) in [5.74, 6) is 0.528. The first-order valence-electron chi connectivity index (χ1n) is 6.82. The van der Waals surface area contributed by atoms with Crippen LogP contribution in [0.5, 0.6) is 0 Å². The molecule has 0 spiro atoms. The van der Waals surface area contributed by atoms with Crippen LogP contribution in [-0.2, 0) is 11.2 Å². The Morgan fingerprint density at radius 2 is 2.37 bits per heavy atom. The zero-order valence-electron chi connectivity index (χ0n) is 11.0. The van der Waals surface area contributed by atoms with E-state index in [1.165, 1.54) is 4.88 Å². The first-order valence-corrected chi connectivity index (χ1v) is 8.43. The number of nitrogens with zero attached hydrogens (tertiary/aromatic N) is 1. The van der Waals surface area contributed by atoms with Gasteiger partial charge in [-0.3, -0.25) is 4.79 Å². The van der Waals surface area contributed by atoms with Gasteiger partial charge in [-0.05, 0) is 59.7 Å². The van der Waals surface area contributed by atoms with E-state index in [1.807, 2.05) is 4.90 Å². The highest BCUT2D eigenvalue weighted by Crippen LogP contribution is 2.24. The van der Waals surface area contributed by atoms with Crippen LogP contribution >= 0.6 is 27.3 Å². The van der Waals surface area contributed by atoms with E-state index in [0.717, 1.165) is 42.6 Å². The number of likely N-dealkylation sites (tertiary alicyclic amines) is 1. The van der Waals surface area contributed by atoms with Crippen molar-refractivity contribution in [1.82, 2.24) is 4.90 Å². The van der Waals surface area contributed by atoms with Gasteiger partial charge in [0, 0.05) is 31.0 Å². The Kier molecular flexibility index (Phi) is 5.85. The molecule has 1 amide bonds. The predicted octanol–water partition coefficient (Wildman–Crippen LogP) is 3.06. The van der Waals surface area contributed by atoms with E-state index in [9.17, 15) is 9.90 Å². The second kappa shape index (κ2) is 7.41. The number of halogens is 1. The summed E-state index contributed by atoms with van der Waals surface area (Å²) in [5, 5.41) is 9.18. The molecule has 1 aliphatic heterocycles. The lowest BCUT2D eigenvalue weighted by Gasteiger charge is -2.31. The zero-order valence-corrected chi connectivity index (χ0v) is 13.4. The Morgan fingerprint density at radius 3 is 3.05 bits per heavy atom. The number of carbonyl (C=O) groups is 1. The number of hydrogen-bond donors (Lipinski definition) is 1. The fourth-order valence-corrected chi connectivity index (χ4v) is 4.02. The minimum Gasteiger partial charge on any atom is -0.396 e. The largest absolute Gasteiger partial charge is 0.396 e. The maximum atomic E-state index is 12.1. The van der Waals surface area contributed by atoms with E-state index in [2.05, 4.69) is 28.1 Å². The molecule has 1 N–H and O–H groups in total. The summed E-state index contributed by atoms with van der Waals surface area (Å²) >= 11 is 5.19. The van der Waals surface area contributed by atoms with Crippen molar-refractivity contribution in [2.75, 3.05) is 19.7 Å². The fourth-order valence-electron chi connectivity index (χ4n) is 2.50. The van der Waals surface area contributed by atoms with Crippen LogP contribution in [0.25, 0.3) is 0 Å². The smallest absolute Gasteiger partial charge is 0.222 e. The molecule has 0 saturated carbocycles. The molecule has 1 fully saturated rings. The lowest BCUT2D eigenvalue weighted by atomic mass is 9.98. The van der Waals surface area contributed by atoms with Crippen molar-refractivity contribution >= 4 is 33.2 Å². The third-order valence-electron chi connectivity index (χ3n) is 3.57. The molecule has 2 rings (SSSR count). The van der Waals surface area contributed by atoms with E-state index >= 15 is 0 Å². The highest BCUT2D eigenvalue weighted by molar-refractivity contribution is 9.11. The van der Waals surface area contributed by atoms with Gasteiger partial charge in [0.1, 0.15) is 0 Å². The quantitative estimate of drug-likeness (QED) is 0.890. The maximum absolute atomic E-state index is 12.1. The summed E-state index contributed by atoms with van der Waals surface area (Å²) in [6, 6.07) is 4.17. The minimum absolute atomic E-state index is 0.201. The lowest BCUT2D eigenvalue weighted by Crippen LogP contribution is -2.40. The molecule has 0 bridgehead atoms. The molecule has 106 valence electrons. The summed E-state index contributed by atoms with van der Waals surface area (Å²) in [5.41, 5.74) is 0. The van der Waals surface area contributed by atoms with Gasteiger partial charge in [0.15, 0.2) is 0 Å². The lowest BCUT2D eigenvalue weighted by molar-refractivity contribution is -0.133. The Labute approximate surface area is 126 Å². The number of hydrogen-bond acceptors (Lipinski definition) is 3. The number of piperidine rings is 1. The highest BCUT2D eigenvalue weighted by Gasteiger charge is 2.22. The second-order valence-electron chi connectivity index (χ2n) is 5.09. The van der Waals surface area contributed by atoms with Gasteiger partial charge in [-0.1, -0.05) is 0 Å². The molecule has 0 aliphatic carbocycles. The van der Waals surface area contributed by atoms with Crippen LogP contribution in [0, 0.1) is 5.92 Å². The van der Waals surface area contributed by atoms with Crippen LogP contribution in [0.15, 0.2) is 15.9 Å². The van der Waals surface area contributed by atoms with Gasteiger partial charge in [-0.2, -0.15) is 0 Å². The number of rotatable bonds is 5. The molecule has 5 heteroatoms. The van der Waals surface area contributed by atoms with Crippen LogP contribution in [-0.4, -0.2) is 35.6 Å². The van der Waals surface area contributed by atoms with E-state index in [-0.39, 0.29) is 18.4 Å². The van der Waals surface area contributed by atoms with E-state index in [4.69, 9.17) is 0 Å². The summed E-state index contributed by atoms with van der Waals surface area (Å²) in [6.07, 6.45) is 4.57. The molecule has 0 radical (unpaired) electrons. The van der Waals surface area contributed by atoms with Crippen LogP contribution in [0.3, 0.4) is 0 Å². The average molecular weight is 346 g/mol. The molecule has 0 aromatic carbocycles. The molecule has 1 unspecified atom stereocenters. The third-order valence-corrected chi connectivity index (χ3v) is 5.26. The standard InChI is InChI=1S/C14H20BrNO2S/c15-13-7-6-12(19-13)4-1-5-14(18)16-8-2-3-11(9-16)10-17/h6-7,11,17H,1-5,8-10H2. The minimum atomic E-state index is 0.201. The van der Waals surface area contributed by atoms with Crippen molar-refractivity contribution in [1.29, 1.82) is 0 Å². The van der Waals surface area contributed by atoms with Crippen LogP contribution in [0.1, 0.15) is 30.6 Å². The van der Waals surface area contributed by atoms with Gasteiger partial charge in [-0.25, -0.2) is 0 Å². The second-order valence-corrected chi connectivity index (χ2v) is 7.64. The molecular weight excluding hydrogens is 326 g/mol. The summed E-state index contributed by atoms with van der Waals surface area (Å²) in [7, 11) is 0. The summed E-state index contributed by atoms with van der Waals surface area (Å²) < 4.78 is 1.15. The molecule has 19 heavy (non-hydrogen) atoms. The molecule has 1 aliphatic rings. The fraction of sp³-hybridized carbons (Fsp3) is 0.643. The van der Waals surface area contributed by atoms with Gasteiger partial charge >= 0.3 is 0 Å². The van der Waals surface area contributed by atoms with Gasteiger partial charge in [0.25, 0.3) is 0 Å². The molecule has 1 aromatic heterocycles. The Balaban J connectivity index is 1.72. The predicted molar refractivity (Wildman–Crippen MR) is 81.3 cm³/mol. The normalized spacial score (nSPS) is 19.7. The van der Waals surface area contributed by atoms with Crippen molar-refractivity contribution in [2.24, 2.45) is 5.92 Å². The van der Waals surface area contributed by atoms with Crippen molar-refractivity contribution < 1.29 is 9.90 Å². The summed E-state index contributed by atoms with van der Waals surface area (Å²) in [6.45, 7) is 1.80. The van der Waals surface area contributed by atoms with Gasteiger partial charge in [0.05, 0.1) is 3.79 Å². The third kappa shape index (κ3) is 4.58. The zero-order chi connectivity index (χ0) is 13.7. The molecule has 2 heterocycles. The number of carbonyl (C=O) groups excluding carboxylic acids is 1. The topological polar surface area (TPSA) is 40.5 Å². The number of amides is 1. The van der Waals surface area contributed by atoms with E-state index in [0.29, 0.717) is 6.42 Å². The Bertz CT molecular complexity index is 421. The van der Waals surface area contributed by atoms with Crippen molar-refractivity contribution in [3.05, 3.63) is 20.8 Å². The van der Waals surface area contributed by atoms with Crippen molar-refractivity contribution in [3.8, 4) is 0 Å². The monoisotopic (exact) mass is 345 g/mol. The van der Waals surface area contributed by atoms with Crippen molar-refractivity contribution in [2.45, 2.75) is 32.1 Å². The maximum Gasteiger partial charge on any atom is 0.222 e. The number of aryl methyl sites for hydroxylation is 1. The van der Waals surface area contributed by atoms with Gasteiger partial charge < -0.3 is 10.0 Å². The first kappa shape index (κ1) is 15.0. The number of thiophene rings is 1. The first-order chi connectivity index (χ1) is 9.19. The van der Waals surface area contributed by atoms with Crippen LogP contribution in [0.4, 0.5) is 0 Å². The van der Waals surface area contributed by atoms with E-state index < -0.39 is 0 Å². The van der Waals surface area contributed by atoms with Crippen LogP contribution in [0.2, 0.25) is 0 Å². The van der Waals surface area contributed by atoms with Gasteiger partial charge in [-0.15, -0.1) is 11.3 Å². The molecule has 3 nitrogen and oxygen atoms in total. The van der Waals surface area contributed by atoms with Crippen LogP contribution < -0.4 is 0 Å². The molecule has 1 atom stereocenters. The molecule has 1 saturated heterocycles. The average Bonchev–Trinajstić information content (AvgIpc) is 2.84. The van der Waals surface area contributed by atoms with E-state index in [1.54, 1.807) is 11.3 Å². The molecule has 1 aromatic rings.